The van der Waals surface area contributed by atoms with Crippen LogP contribution in [0.5, 0.6) is 0 Å². The number of halogens is 2. The lowest BCUT2D eigenvalue weighted by molar-refractivity contribution is -0.133. The van der Waals surface area contributed by atoms with Crippen molar-refractivity contribution >= 4 is 50.9 Å². The maximum Gasteiger partial charge on any atom is 0.245 e. The topological polar surface area (TPSA) is 140 Å². The Balaban J connectivity index is 1.44. The average molecular weight is 716 g/mol. The Kier molecular flexibility index (Phi) is 13.8. The quantitative estimate of drug-likeness (QED) is 0.104. The molecule has 0 atom stereocenters. The molecule has 2 amide bonds. The SMILES string of the molecule is Cc1c(Cl)ccc(S(=O)(=O)N(CCc2ccccc2)CC(=O)NCC(=O)N(CCCCN2CCCC2)Cc2ccc(C(=N)N)cc2)c1Cl. The molecule has 4 rings (SSSR count). The number of amides is 2. The zero-order chi connectivity index (χ0) is 34.7. The zero-order valence-corrected chi connectivity index (χ0v) is 29.6. The lowest BCUT2D eigenvalue weighted by Gasteiger charge is -2.25. The van der Waals surface area contributed by atoms with Gasteiger partial charge in [0.15, 0.2) is 0 Å². The number of unbranched alkanes of at least 4 members (excludes halogenated alkanes) is 1. The number of nitrogens with one attached hydrogen (secondary N) is 2. The molecule has 10 nitrogen and oxygen atoms in total. The molecule has 1 fully saturated rings. The fraction of sp³-hybridized carbons (Fsp3) is 0.400. The molecule has 1 heterocycles. The second kappa shape index (κ2) is 17.8. The summed E-state index contributed by atoms with van der Waals surface area (Å²) in [5.41, 5.74) is 8.39. The van der Waals surface area contributed by atoms with Gasteiger partial charge in [-0.15, -0.1) is 0 Å². The molecular weight excluding hydrogens is 671 g/mol. The van der Waals surface area contributed by atoms with Crippen LogP contribution in [0.1, 0.15) is 47.9 Å². The Labute approximate surface area is 293 Å². The smallest absolute Gasteiger partial charge is 0.245 e. The number of likely N-dealkylation sites (tertiary alicyclic amines) is 1. The van der Waals surface area contributed by atoms with Crippen molar-refractivity contribution in [1.82, 2.24) is 19.4 Å². The van der Waals surface area contributed by atoms with Crippen molar-refractivity contribution in [3.05, 3.63) is 99.0 Å². The highest BCUT2D eigenvalue weighted by Crippen LogP contribution is 2.32. The van der Waals surface area contributed by atoms with Crippen LogP contribution in [-0.4, -0.2) is 86.0 Å². The monoisotopic (exact) mass is 714 g/mol. The molecule has 0 bridgehead atoms. The summed E-state index contributed by atoms with van der Waals surface area (Å²) in [7, 11) is -4.21. The first-order valence-electron chi connectivity index (χ1n) is 16.1. The van der Waals surface area contributed by atoms with Crippen LogP contribution in [0.25, 0.3) is 0 Å². The van der Waals surface area contributed by atoms with Gasteiger partial charge in [-0.2, -0.15) is 4.31 Å². The Hall–Kier alpha value is -3.48. The molecule has 1 saturated heterocycles. The van der Waals surface area contributed by atoms with E-state index in [9.17, 15) is 18.0 Å². The molecule has 0 aliphatic carbocycles. The van der Waals surface area contributed by atoms with Crippen LogP contribution in [0.15, 0.2) is 71.6 Å². The van der Waals surface area contributed by atoms with Gasteiger partial charge in [0.2, 0.25) is 21.8 Å². The summed E-state index contributed by atoms with van der Waals surface area (Å²) in [6.07, 6.45) is 4.55. The molecule has 1 aliphatic rings. The standard InChI is InChI=1S/C35H44Cl2N6O4S/c1-26-30(36)15-16-31(34(26)37)48(46,47)43(22-17-27-9-3-2-4-10-27)25-32(44)40-23-33(45)42(21-8-7-20-41-18-5-6-19-41)24-28-11-13-29(14-12-28)35(38)39/h2-4,9-16H,5-8,17-25H2,1H3,(H3,38,39)(H,40,44). The van der Waals surface area contributed by atoms with Crippen LogP contribution in [-0.2, 0) is 32.6 Å². The van der Waals surface area contributed by atoms with Crippen molar-refractivity contribution in [2.75, 3.05) is 45.8 Å². The second-order valence-electron chi connectivity index (χ2n) is 12.0. The highest BCUT2D eigenvalue weighted by molar-refractivity contribution is 7.89. The van der Waals surface area contributed by atoms with Crippen molar-refractivity contribution in [2.24, 2.45) is 5.73 Å². The molecule has 0 aromatic heterocycles. The highest BCUT2D eigenvalue weighted by atomic mass is 35.5. The number of amidine groups is 1. The van der Waals surface area contributed by atoms with E-state index < -0.39 is 22.5 Å². The third-order valence-electron chi connectivity index (χ3n) is 8.49. The first-order valence-corrected chi connectivity index (χ1v) is 18.3. The van der Waals surface area contributed by atoms with Crippen LogP contribution >= 0.6 is 23.2 Å². The van der Waals surface area contributed by atoms with E-state index >= 15 is 0 Å². The van der Waals surface area contributed by atoms with Gasteiger partial charge in [0.1, 0.15) is 10.7 Å². The van der Waals surface area contributed by atoms with E-state index in [0.29, 0.717) is 35.7 Å². The molecular formula is C35H44Cl2N6O4S. The number of carbonyl (C=O) groups is 2. The predicted octanol–water partition coefficient (Wildman–Crippen LogP) is 4.84. The Morgan fingerprint density at radius 3 is 2.29 bits per heavy atom. The highest BCUT2D eigenvalue weighted by Gasteiger charge is 2.30. The van der Waals surface area contributed by atoms with E-state index in [2.05, 4.69) is 10.2 Å². The number of nitrogens with zero attached hydrogens (tertiary/aromatic N) is 3. The first-order chi connectivity index (χ1) is 23.0. The van der Waals surface area contributed by atoms with E-state index in [0.717, 1.165) is 47.9 Å². The number of carbonyl (C=O) groups excluding carboxylic acids is 2. The second-order valence-corrected chi connectivity index (χ2v) is 14.7. The van der Waals surface area contributed by atoms with Gasteiger partial charge in [-0.1, -0.05) is 77.8 Å². The summed E-state index contributed by atoms with van der Waals surface area (Å²) >= 11 is 12.6. The Morgan fingerprint density at radius 1 is 0.938 bits per heavy atom. The largest absolute Gasteiger partial charge is 0.384 e. The van der Waals surface area contributed by atoms with Gasteiger partial charge >= 0.3 is 0 Å². The van der Waals surface area contributed by atoms with Crippen molar-refractivity contribution in [3.8, 4) is 0 Å². The summed E-state index contributed by atoms with van der Waals surface area (Å²) in [5, 5.41) is 10.6. The van der Waals surface area contributed by atoms with Crippen molar-refractivity contribution in [2.45, 2.75) is 50.5 Å². The van der Waals surface area contributed by atoms with Crippen LogP contribution < -0.4 is 11.1 Å². The van der Waals surface area contributed by atoms with Gasteiger partial charge in [0.25, 0.3) is 0 Å². The number of nitrogen functional groups attached to an aromatic ring is 1. The lowest BCUT2D eigenvalue weighted by atomic mass is 10.1. The number of hydrogen-bond acceptors (Lipinski definition) is 6. The fourth-order valence-electron chi connectivity index (χ4n) is 5.61. The summed E-state index contributed by atoms with van der Waals surface area (Å²) in [6.45, 7) is 4.89. The maximum absolute atomic E-state index is 13.8. The molecule has 4 N–H and O–H groups in total. The molecule has 258 valence electrons. The van der Waals surface area contributed by atoms with Gasteiger partial charge in [0, 0.05) is 30.2 Å². The summed E-state index contributed by atoms with van der Waals surface area (Å²) < 4.78 is 28.8. The van der Waals surface area contributed by atoms with Crippen molar-refractivity contribution < 1.29 is 18.0 Å². The van der Waals surface area contributed by atoms with Crippen LogP contribution in [0.3, 0.4) is 0 Å². The minimum Gasteiger partial charge on any atom is -0.384 e. The minimum absolute atomic E-state index is 0.000458. The maximum atomic E-state index is 13.8. The van der Waals surface area contributed by atoms with Gasteiger partial charge in [0.05, 0.1) is 18.1 Å². The average Bonchev–Trinajstić information content (AvgIpc) is 3.60. The molecule has 0 radical (unpaired) electrons. The van der Waals surface area contributed by atoms with Crippen molar-refractivity contribution in [3.63, 3.8) is 0 Å². The summed E-state index contributed by atoms with van der Waals surface area (Å²) in [6, 6.07) is 19.3. The van der Waals surface area contributed by atoms with E-state index in [4.69, 9.17) is 34.3 Å². The number of benzene rings is 3. The Morgan fingerprint density at radius 2 is 1.62 bits per heavy atom. The normalized spacial score (nSPS) is 13.5. The number of hydrogen-bond donors (Lipinski definition) is 3. The third kappa shape index (κ3) is 10.5. The number of nitrogens with two attached hydrogens (primary N) is 1. The van der Waals surface area contributed by atoms with Crippen LogP contribution in [0.4, 0.5) is 0 Å². The van der Waals surface area contributed by atoms with Gasteiger partial charge in [-0.05, 0) is 87.5 Å². The van der Waals surface area contributed by atoms with E-state index in [1.807, 2.05) is 42.5 Å². The predicted molar refractivity (Wildman–Crippen MR) is 191 cm³/mol. The van der Waals surface area contributed by atoms with E-state index in [-0.39, 0.29) is 34.8 Å². The third-order valence-corrected chi connectivity index (χ3v) is 11.4. The van der Waals surface area contributed by atoms with Gasteiger partial charge < -0.3 is 20.9 Å². The molecule has 0 unspecified atom stereocenters. The van der Waals surface area contributed by atoms with Gasteiger partial charge in [-0.25, -0.2) is 8.42 Å². The number of sulfonamides is 1. The Bertz CT molecular complexity index is 1670. The van der Waals surface area contributed by atoms with E-state index in [1.54, 1.807) is 24.0 Å². The summed E-state index contributed by atoms with van der Waals surface area (Å²) in [5.74, 6) is -0.927. The van der Waals surface area contributed by atoms with Crippen LogP contribution in [0, 0.1) is 12.3 Å². The molecule has 48 heavy (non-hydrogen) atoms. The molecule has 13 heteroatoms. The van der Waals surface area contributed by atoms with Gasteiger partial charge in [-0.3, -0.25) is 15.0 Å². The summed E-state index contributed by atoms with van der Waals surface area (Å²) in [4.78, 5) is 30.7. The fourth-order valence-corrected chi connectivity index (χ4v) is 7.79. The molecule has 3 aromatic carbocycles. The molecule has 3 aromatic rings. The van der Waals surface area contributed by atoms with Crippen molar-refractivity contribution in [1.29, 1.82) is 5.41 Å². The first kappa shape index (κ1) is 37.3. The molecule has 0 spiro atoms. The minimum atomic E-state index is -4.21. The molecule has 1 aliphatic heterocycles. The molecule has 0 saturated carbocycles. The van der Waals surface area contributed by atoms with Crippen LogP contribution in [0.2, 0.25) is 10.0 Å². The number of rotatable bonds is 17. The lowest BCUT2D eigenvalue weighted by Crippen LogP contribution is -2.45. The zero-order valence-electron chi connectivity index (χ0n) is 27.3. The van der Waals surface area contributed by atoms with E-state index in [1.165, 1.54) is 25.0 Å².